The zero-order valence-corrected chi connectivity index (χ0v) is 22.4. The van der Waals surface area contributed by atoms with Gasteiger partial charge in [0.25, 0.3) is 0 Å². The first-order chi connectivity index (χ1) is 17.1. The largest absolute Gasteiger partial charge is 0.492 e. The van der Waals surface area contributed by atoms with Gasteiger partial charge in [-0.15, -0.1) is 0 Å². The van der Waals surface area contributed by atoms with E-state index in [-0.39, 0.29) is 24.2 Å². The van der Waals surface area contributed by atoms with E-state index in [1.165, 1.54) is 4.90 Å². The summed E-state index contributed by atoms with van der Waals surface area (Å²) >= 11 is 0. The van der Waals surface area contributed by atoms with Crippen molar-refractivity contribution >= 4 is 27.5 Å². The molecule has 196 valence electrons. The number of para-hydroxylation sites is 2. The normalized spacial score (nSPS) is 14.8. The molecule has 0 aliphatic heterocycles. The lowest BCUT2D eigenvalue weighted by Gasteiger charge is -2.32. The third-order valence-electron chi connectivity index (χ3n) is 6.42. The standard InChI is InChI=1S/C27H37N3O5S/c1-5-35-25-16-9-8-15-24(25)30(36(4,33)34)19-26(31)29(18-22-12-10-11-20(2)17-22)21(3)27(32)28-23-13-6-7-14-23/h8-12,15-17,21,23H,5-7,13-14,18-19H2,1-4H3,(H,28,32). The van der Waals surface area contributed by atoms with E-state index >= 15 is 0 Å². The van der Waals surface area contributed by atoms with Gasteiger partial charge in [0.05, 0.1) is 18.6 Å². The number of nitrogens with zero attached hydrogens (tertiary/aromatic N) is 2. The molecule has 0 saturated heterocycles. The van der Waals surface area contributed by atoms with Crippen LogP contribution in [0, 0.1) is 6.92 Å². The summed E-state index contributed by atoms with van der Waals surface area (Å²) in [5, 5.41) is 3.07. The van der Waals surface area contributed by atoms with E-state index in [0.717, 1.165) is 47.4 Å². The van der Waals surface area contributed by atoms with Crippen molar-refractivity contribution < 1.29 is 22.7 Å². The minimum Gasteiger partial charge on any atom is -0.492 e. The number of benzene rings is 2. The zero-order chi connectivity index (χ0) is 26.3. The number of nitrogens with one attached hydrogen (secondary N) is 1. The summed E-state index contributed by atoms with van der Waals surface area (Å²) in [5.74, 6) is -0.332. The average molecular weight is 516 g/mol. The van der Waals surface area contributed by atoms with Gasteiger partial charge in [0.1, 0.15) is 18.3 Å². The van der Waals surface area contributed by atoms with Gasteiger partial charge in [-0.1, -0.05) is 54.8 Å². The van der Waals surface area contributed by atoms with Crippen molar-refractivity contribution in [2.45, 2.75) is 65.1 Å². The van der Waals surface area contributed by atoms with Crippen LogP contribution < -0.4 is 14.4 Å². The van der Waals surface area contributed by atoms with Gasteiger partial charge in [-0.05, 0) is 51.3 Å². The van der Waals surface area contributed by atoms with Crippen LogP contribution in [-0.2, 0) is 26.2 Å². The van der Waals surface area contributed by atoms with Gasteiger partial charge >= 0.3 is 0 Å². The molecule has 2 aromatic rings. The van der Waals surface area contributed by atoms with Gasteiger partial charge in [0.15, 0.2) is 0 Å². The van der Waals surface area contributed by atoms with Gasteiger partial charge in [0.2, 0.25) is 21.8 Å². The first-order valence-electron chi connectivity index (χ1n) is 12.4. The summed E-state index contributed by atoms with van der Waals surface area (Å²) < 4.78 is 32.3. The Balaban J connectivity index is 1.91. The molecule has 0 bridgehead atoms. The van der Waals surface area contributed by atoms with Crippen LogP contribution in [0.4, 0.5) is 5.69 Å². The van der Waals surface area contributed by atoms with Crippen LogP contribution in [0.25, 0.3) is 0 Å². The number of carbonyl (C=O) groups excluding carboxylic acids is 2. The molecule has 2 amide bonds. The van der Waals surface area contributed by atoms with E-state index in [0.29, 0.717) is 12.4 Å². The van der Waals surface area contributed by atoms with Crippen molar-refractivity contribution in [3.8, 4) is 5.75 Å². The SMILES string of the molecule is CCOc1ccccc1N(CC(=O)N(Cc1cccc(C)c1)C(C)C(=O)NC1CCCC1)S(C)(=O)=O. The van der Waals surface area contributed by atoms with Crippen molar-refractivity contribution in [1.29, 1.82) is 0 Å². The summed E-state index contributed by atoms with van der Waals surface area (Å²) in [7, 11) is -3.83. The molecule has 36 heavy (non-hydrogen) atoms. The number of anilines is 1. The molecule has 0 aromatic heterocycles. The molecule has 1 aliphatic carbocycles. The lowest BCUT2D eigenvalue weighted by Crippen LogP contribution is -2.52. The molecule has 1 fully saturated rings. The number of aryl methyl sites for hydroxylation is 1. The van der Waals surface area contributed by atoms with E-state index in [1.807, 2.05) is 31.2 Å². The van der Waals surface area contributed by atoms with E-state index in [2.05, 4.69) is 5.32 Å². The number of amides is 2. The third kappa shape index (κ3) is 7.22. The maximum Gasteiger partial charge on any atom is 0.244 e. The van der Waals surface area contributed by atoms with Crippen LogP contribution in [0.1, 0.15) is 50.7 Å². The van der Waals surface area contributed by atoms with E-state index in [9.17, 15) is 18.0 Å². The van der Waals surface area contributed by atoms with Crippen LogP contribution in [-0.4, -0.2) is 56.6 Å². The van der Waals surface area contributed by atoms with Crippen LogP contribution in [0.3, 0.4) is 0 Å². The number of ether oxygens (including phenoxy) is 1. The average Bonchev–Trinajstić information content (AvgIpc) is 3.33. The van der Waals surface area contributed by atoms with Crippen LogP contribution in [0.5, 0.6) is 5.75 Å². The number of sulfonamides is 1. The molecule has 1 aliphatic rings. The fourth-order valence-electron chi connectivity index (χ4n) is 4.52. The molecule has 3 rings (SSSR count). The summed E-state index contributed by atoms with van der Waals surface area (Å²) in [6.45, 7) is 5.54. The summed E-state index contributed by atoms with van der Waals surface area (Å²) in [6, 6.07) is 13.8. The highest BCUT2D eigenvalue weighted by Gasteiger charge is 2.32. The van der Waals surface area contributed by atoms with Crippen molar-refractivity contribution in [3.05, 3.63) is 59.7 Å². The predicted octanol–water partition coefficient (Wildman–Crippen LogP) is 3.64. The minimum atomic E-state index is -3.83. The van der Waals surface area contributed by atoms with Gasteiger partial charge in [-0.2, -0.15) is 0 Å². The zero-order valence-electron chi connectivity index (χ0n) is 21.6. The molecule has 1 N–H and O–H groups in total. The molecule has 0 radical (unpaired) electrons. The Labute approximate surface area is 214 Å². The summed E-state index contributed by atoms with van der Waals surface area (Å²) in [6.07, 6.45) is 5.08. The fraction of sp³-hybridized carbons (Fsp3) is 0.481. The second-order valence-electron chi connectivity index (χ2n) is 9.35. The number of carbonyl (C=O) groups is 2. The maximum absolute atomic E-state index is 13.7. The van der Waals surface area contributed by atoms with Gasteiger partial charge in [-0.25, -0.2) is 8.42 Å². The Morgan fingerprint density at radius 1 is 1.11 bits per heavy atom. The van der Waals surface area contributed by atoms with Crippen LogP contribution >= 0.6 is 0 Å². The lowest BCUT2D eigenvalue weighted by atomic mass is 10.1. The number of hydrogen-bond donors (Lipinski definition) is 1. The molecule has 1 saturated carbocycles. The Morgan fingerprint density at radius 3 is 2.44 bits per heavy atom. The molecule has 0 heterocycles. The van der Waals surface area contributed by atoms with Gasteiger partial charge in [-0.3, -0.25) is 13.9 Å². The highest BCUT2D eigenvalue weighted by atomic mass is 32.2. The molecular formula is C27H37N3O5S. The number of rotatable bonds is 11. The van der Waals surface area contributed by atoms with Crippen molar-refractivity contribution in [2.24, 2.45) is 0 Å². The minimum absolute atomic E-state index is 0.112. The van der Waals surface area contributed by atoms with Crippen LogP contribution in [0.15, 0.2) is 48.5 Å². The van der Waals surface area contributed by atoms with E-state index in [4.69, 9.17) is 4.74 Å². The predicted molar refractivity (Wildman–Crippen MR) is 141 cm³/mol. The summed E-state index contributed by atoms with van der Waals surface area (Å²) in [4.78, 5) is 28.3. The Hall–Kier alpha value is -3.07. The topological polar surface area (TPSA) is 96.0 Å². The molecule has 9 heteroatoms. The molecule has 1 unspecified atom stereocenters. The van der Waals surface area contributed by atoms with Crippen molar-refractivity contribution in [2.75, 3.05) is 23.7 Å². The fourth-order valence-corrected chi connectivity index (χ4v) is 5.37. The molecule has 2 aromatic carbocycles. The summed E-state index contributed by atoms with van der Waals surface area (Å²) in [5.41, 5.74) is 2.18. The Kier molecular flexibility index (Phi) is 9.37. The molecule has 0 spiro atoms. The quantitative estimate of drug-likeness (QED) is 0.493. The number of hydrogen-bond acceptors (Lipinski definition) is 5. The first-order valence-corrected chi connectivity index (χ1v) is 14.3. The Morgan fingerprint density at radius 2 is 1.81 bits per heavy atom. The first kappa shape index (κ1) is 27.5. The lowest BCUT2D eigenvalue weighted by molar-refractivity contribution is -0.139. The van der Waals surface area contributed by atoms with Crippen LogP contribution in [0.2, 0.25) is 0 Å². The monoisotopic (exact) mass is 515 g/mol. The van der Waals surface area contributed by atoms with Gasteiger partial charge in [0, 0.05) is 12.6 Å². The smallest absolute Gasteiger partial charge is 0.244 e. The molecule has 8 nitrogen and oxygen atoms in total. The second-order valence-corrected chi connectivity index (χ2v) is 11.3. The van der Waals surface area contributed by atoms with E-state index < -0.39 is 28.5 Å². The highest BCUT2D eigenvalue weighted by Crippen LogP contribution is 2.30. The maximum atomic E-state index is 13.7. The Bertz CT molecular complexity index is 1160. The van der Waals surface area contributed by atoms with Crippen molar-refractivity contribution in [1.82, 2.24) is 10.2 Å². The van der Waals surface area contributed by atoms with Gasteiger partial charge < -0.3 is 15.0 Å². The second kappa shape index (κ2) is 12.3. The third-order valence-corrected chi connectivity index (χ3v) is 7.54. The van der Waals surface area contributed by atoms with E-state index in [1.54, 1.807) is 38.1 Å². The highest BCUT2D eigenvalue weighted by molar-refractivity contribution is 7.92. The molecular weight excluding hydrogens is 478 g/mol. The molecule has 1 atom stereocenters. The van der Waals surface area contributed by atoms with Crippen molar-refractivity contribution in [3.63, 3.8) is 0 Å².